The molecular formula is C15H20N2O2S. The minimum absolute atomic E-state index is 0.0363. The summed E-state index contributed by atoms with van der Waals surface area (Å²) in [5.41, 5.74) is 1.88. The lowest BCUT2D eigenvalue weighted by Crippen LogP contribution is -2.34. The minimum Gasteiger partial charge on any atom is -0.324 e. The summed E-state index contributed by atoms with van der Waals surface area (Å²) in [4.78, 5) is 25.2. The number of hydrogen-bond donors (Lipinski definition) is 1. The summed E-state index contributed by atoms with van der Waals surface area (Å²) in [7, 11) is 0. The Morgan fingerprint density at radius 2 is 2.05 bits per heavy atom. The average molecular weight is 292 g/mol. The highest BCUT2D eigenvalue weighted by molar-refractivity contribution is 8.00. The number of hydrogen-bond acceptors (Lipinski definition) is 3. The van der Waals surface area contributed by atoms with Crippen molar-refractivity contribution in [3.05, 3.63) is 29.8 Å². The summed E-state index contributed by atoms with van der Waals surface area (Å²) >= 11 is 1.54. The van der Waals surface area contributed by atoms with Gasteiger partial charge in [0.05, 0.1) is 11.6 Å². The molecule has 108 valence electrons. The van der Waals surface area contributed by atoms with Gasteiger partial charge < -0.3 is 10.2 Å². The van der Waals surface area contributed by atoms with E-state index in [2.05, 4.69) is 26.1 Å². The van der Waals surface area contributed by atoms with Gasteiger partial charge in [-0.2, -0.15) is 0 Å². The first-order chi connectivity index (χ1) is 9.38. The smallest absolute Gasteiger partial charge is 0.244 e. The largest absolute Gasteiger partial charge is 0.324 e. The molecule has 2 amide bonds. The van der Waals surface area contributed by atoms with E-state index >= 15 is 0 Å². The predicted molar refractivity (Wildman–Crippen MR) is 82.8 cm³/mol. The number of thioether (sulfide) groups is 1. The van der Waals surface area contributed by atoms with Gasteiger partial charge in [-0.05, 0) is 17.0 Å². The third-order valence-electron chi connectivity index (χ3n) is 3.17. The Bertz CT molecular complexity index is 523. The van der Waals surface area contributed by atoms with Gasteiger partial charge in [0.1, 0.15) is 6.54 Å². The number of para-hydroxylation sites is 1. The van der Waals surface area contributed by atoms with Gasteiger partial charge in [-0.15, -0.1) is 11.8 Å². The molecular weight excluding hydrogens is 272 g/mol. The second-order valence-corrected chi connectivity index (χ2v) is 6.87. The van der Waals surface area contributed by atoms with Gasteiger partial charge in [-0.25, -0.2) is 0 Å². The van der Waals surface area contributed by atoms with Crippen LogP contribution in [0.25, 0.3) is 0 Å². The molecule has 5 heteroatoms. The van der Waals surface area contributed by atoms with Crippen molar-refractivity contribution >= 4 is 29.3 Å². The predicted octanol–water partition coefficient (Wildman–Crippen LogP) is 2.46. The fraction of sp³-hybridized carbons (Fsp3) is 0.467. The molecule has 1 fully saturated rings. The number of carbonyl (C=O) groups is 2. The molecule has 0 aromatic heterocycles. The van der Waals surface area contributed by atoms with Crippen LogP contribution < -0.4 is 5.32 Å². The molecule has 0 unspecified atom stereocenters. The van der Waals surface area contributed by atoms with Crippen molar-refractivity contribution in [3.63, 3.8) is 0 Å². The number of carbonyl (C=O) groups excluding carboxylic acids is 2. The summed E-state index contributed by atoms with van der Waals surface area (Å²) in [6.07, 6.45) is 0. The lowest BCUT2D eigenvalue weighted by Gasteiger charge is -2.23. The zero-order valence-corrected chi connectivity index (χ0v) is 12.9. The monoisotopic (exact) mass is 292 g/mol. The Kier molecular flexibility index (Phi) is 4.38. The topological polar surface area (TPSA) is 49.4 Å². The van der Waals surface area contributed by atoms with Gasteiger partial charge in [-0.3, -0.25) is 9.59 Å². The van der Waals surface area contributed by atoms with Gasteiger partial charge in [0.25, 0.3) is 0 Å². The van der Waals surface area contributed by atoms with E-state index in [1.54, 1.807) is 16.7 Å². The molecule has 1 saturated heterocycles. The molecule has 0 saturated carbocycles. The molecule has 0 radical (unpaired) electrons. The Hall–Kier alpha value is -1.49. The number of amides is 2. The van der Waals surface area contributed by atoms with Gasteiger partial charge in [-0.1, -0.05) is 39.0 Å². The molecule has 1 aromatic rings. The van der Waals surface area contributed by atoms with Gasteiger partial charge in [0.15, 0.2) is 0 Å². The van der Waals surface area contributed by atoms with Crippen LogP contribution >= 0.6 is 11.8 Å². The second-order valence-electron chi connectivity index (χ2n) is 5.91. The van der Waals surface area contributed by atoms with Crippen molar-refractivity contribution in [2.75, 3.05) is 23.5 Å². The first kappa shape index (κ1) is 14.9. The van der Waals surface area contributed by atoms with E-state index in [1.165, 1.54) is 0 Å². The molecule has 1 aliphatic heterocycles. The van der Waals surface area contributed by atoms with Crippen molar-refractivity contribution in [2.45, 2.75) is 26.2 Å². The summed E-state index contributed by atoms with van der Waals surface area (Å²) in [5.74, 6) is 0.978. The number of anilines is 1. The van der Waals surface area contributed by atoms with Crippen molar-refractivity contribution < 1.29 is 9.59 Å². The van der Waals surface area contributed by atoms with Crippen LogP contribution in [0.3, 0.4) is 0 Å². The highest BCUT2D eigenvalue weighted by Crippen LogP contribution is 2.29. The van der Waals surface area contributed by atoms with Gasteiger partial charge in [0, 0.05) is 5.69 Å². The third-order valence-corrected chi connectivity index (χ3v) is 4.11. The summed E-state index contributed by atoms with van der Waals surface area (Å²) in [6, 6.07) is 7.80. The van der Waals surface area contributed by atoms with Crippen LogP contribution in [-0.2, 0) is 15.0 Å². The molecule has 0 aliphatic carbocycles. The zero-order chi connectivity index (χ0) is 14.8. The normalized spacial score (nSPS) is 15.6. The maximum atomic E-state index is 12.1. The highest BCUT2D eigenvalue weighted by Gasteiger charge is 2.24. The van der Waals surface area contributed by atoms with Gasteiger partial charge >= 0.3 is 0 Å². The van der Waals surface area contributed by atoms with Crippen LogP contribution in [0.2, 0.25) is 0 Å². The molecule has 20 heavy (non-hydrogen) atoms. The van der Waals surface area contributed by atoms with Crippen molar-refractivity contribution in [2.24, 2.45) is 0 Å². The molecule has 0 bridgehead atoms. The van der Waals surface area contributed by atoms with Crippen LogP contribution in [-0.4, -0.2) is 34.9 Å². The van der Waals surface area contributed by atoms with Crippen LogP contribution in [0.15, 0.2) is 24.3 Å². The van der Waals surface area contributed by atoms with Crippen molar-refractivity contribution in [1.29, 1.82) is 0 Å². The number of benzene rings is 1. The van der Waals surface area contributed by atoms with E-state index in [0.29, 0.717) is 11.6 Å². The molecule has 1 aliphatic rings. The van der Waals surface area contributed by atoms with E-state index in [-0.39, 0.29) is 23.8 Å². The minimum atomic E-state index is -0.141. The molecule has 1 heterocycles. The number of rotatable bonds is 3. The van der Waals surface area contributed by atoms with Crippen LogP contribution in [0.1, 0.15) is 26.3 Å². The summed E-state index contributed by atoms with van der Waals surface area (Å²) < 4.78 is 0. The summed E-state index contributed by atoms with van der Waals surface area (Å²) in [6.45, 7) is 6.46. The lowest BCUT2D eigenvalue weighted by atomic mass is 9.86. The highest BCUT2D eigenvalue weighted by atomic mass is 32.2. The Morgan fingerprint density at radius 1 is 1.35 bits per heavy atom. The van der Waals surface area contributed by atoms with E-state index < -0.39 is 0 Å². The molecule has 0 spiro atoms. The van der Waals surface area contributed by atoms with Crippen LogP contribution in [0.4, 0.5) is 5.69 Å². The van der Waals surface area contributed by atoms with Crippen molar-refractivity contribution in [3.8, 4) is 0 Å². The molecule has 1 N–H and O–H groups in total. The third kappa shape index (κ3) is 3.54. The van der Waals surface area contributed by atoms with Crippen LogP contribution in [0, 0.1) is 0 Å². The molecule has 1 aromatic carbocycles. The van der Waals surface area contributed by atoms with E-state index in [0.717, 1.165) is 11.3 Å². The Balaban J connectivity index is 2.06. The zero-order valence-electron chi connectivity index (χ0n) is 12.1. The van der Waals surface area contributed by atoms with Crippen molar-refractivity contribution in [1.82, 2.24) is 4.90 Å². The maximum absolute atomic E-state index is 12.1. The first-order valence-electron chi connectivity index (χ1n) is 6.63. The number of nitrogens with zero attached hydrogens (tertiary/aromatic N) is 1. The van der Waals surface area contributed by atoms with E-state index in [4.69, 9.17) is 0 Å². The fourth-order valence-electron chi connectivity index (χ4n) is 2.15. The van der Waals surface area contributed by atoms with E-state index in [1.807, 2.05) is 24.3 Å². The fourth-order valence-corrected chi connectivity index (χ4v) is 3.05. The molecule has 2 rings (SSSR count). The molecule has 0 atom stereocenters. The maximum Gasteiger partial charge on any atom is 0.244 e. The van der Waals surface area contributed by atoms with E-state index in [9.17, 15) is 9.59 Å². The Morgan fingerprint density at radius 3 is 2.65 bits per heavy atom. The second kappa shape index (κ2) is 5.87. The number of nitrogens with one attached hydrogen (secondary N) is 1. The Labute approximate surface area is 123 Å². The van der Waals surface area contributed by atoms with Crippen LogP contribution in [0.5, 0.6) is 0 Å². The lowest BCUT2D eigenvalue weighted by molar-refractivity contribution is -0.130. The molecule has 4 nitrogen and oxygen atoms in total. The quantitative estimate of drug-likeness (QED) is 0.931. The average Bonchev–Trinajstić information content (AvgIpc) is 2.74. The first-order valence-corrected chi connectivity index (χ1v) is 7.78. The SMILES string of the molecule is CC(C)(C)c1ccccc1NC(=O)CN1CSCC1=O. The van der Waals surface area contributed by atoms with Gasteiger partial charge in [0.2, 0.25) is 11.8 Å². The standard InChI is InChI=1S/C15H20N2O2S/c1-15(2,3)11-6-4-5-7-12(11)16-13(18)8-17-10-20-9-14(17)19/h4-7H,8-10H2,1-3H3,(H,16,18). The summed E-state index contributed by atoms with van der Waals surface area (Å²) in [5, 5.41) is 2.92.